The molecule has 0 radical (unpaired) electrons. The van der Waals surface area contributed by atoms with Crippen molar-refractivity contribution in [1.82, 2.24) is 9.80 Å². The molecule has 5 rings (SSSR count). The Balaban J connectivity index is 1.52. The second kappa shape index (κ2) is 7.54. The summed E-state index contributed by atoms with van der Waals surface area (Å²) in [5, 5.41) is 0. The smallest absolute Gasteiger partial charge is 0.303 e. The largest absolute Gasteiger partial charge is 0.473 e. The van der Waals surface area contributed by atoms with Gasteiger partial charge in [0.25, 0.3) is 0 Å². The van der Waals surface area contributed by atoms with Crippen LogP contribution in [-0.2, 0) is 38.1 Å². The van der Waals surface area contributed by atoms with E-state index in [0.717, 1.165) is 0 Å². The van der Waals surface area contributed by atoms with Gasteiger partial charge in [-0.05, 0) is 23.3 Å². The number of amides is 2. The highest BCUT2D eigenvalue weighted by atomic mass is 16.6. The lowest BCUT2D eigenvalue weighted by molar-refractivity contribution is -0.167. The van der Waals surface area contributed by atoms with Gasteiger partial charge in [-0.25, -0.2) is 0 Å². The summed E-state index contributed by atoms with van der Waals surface area (Å²) in [5.74, 6) is -1.50. The molecule has 3 fully saturated rings. The van der Waals surface area contributed by atoms with Crippen molar-refractivity contribution in [2.45, 2.75) is 63.1 Å². The summed E-state index contributed by atoms with van der Waals surface area (Å²) in [5.41, 5.74) is 1.40. The molecule has 0 saturated carbocycles. The number of piperazine rings is 1. The fourth-order valence-electron chi connectivity index (χ4n) is 5.24. The van der Waals surface area contributed by atoms with Gasteiger partial charge in [-0.3, -0.25) is 19.2 Å². The van der Waals surface area contributed by atoms with Crippen LogP contribution in [0.1, 0.15) is 26.7 Å². The van der Waals surface area contributed by atoms with Crippen LogP contribution >= 0.6 is 0 Å². The van der Waals surface area contributed by atoms with Gasteiger partial charge in [-0.2, -0.15) is 0 Å². The number of esters is 2. The van der Waals surface area contributed by atoms with Gasteiger partial charge in [-0.1, -0.05) is 0 Å². The van der Waals surface area contributed by atoms with E-state index in [9.17, 15) is 19.2 Å². The maximum Gasteiger partial charge on any atom is 0.303 e. The van der Waals surface area contributed by atoms with Crippen LogP contribution in [0.15, 0.2) is 48.3 Å². The maximum absolute atomic E-state index is 13.7. The highest BCUT2D eigenvalue weighted by Gasteiger charge is 2.60. The van der Waals surface area contributed by atoms with Gasteiger partial charge in [-0.15, -0.1) is 0 Å². The molecule has 4 unspecified atom stereocenters. The fraction of sp³-hybridized carbons (Fsp3) is 0.455. The molecule has 10 heteroatoms. The SMILES string of the molecule is CC(=O)OC1C=COC=C2C[C@@H]3C(=O)N4C5C(=COC=CC5OC(C)=O)C[C@H]4C(=O)N3C21. The molecule has 0 aromatic rings. The summed E-state index contributed by atoms with van der Waals surface area (Å²) in [7, 11) is 0. The second-order valence-corrected chi connectivity index (χ2v) is 8.28. The van der Waals surface area contributed by atoms with Gasteiger partial charge >= 0.3 is 11.9 Å². The van der Waals surface area contributed by atoms with E-state index in [0.29, 0.717) is 11.1 Å². The van der Waals surface area contributed by atoms with E-state index in [1.54, 1.807) is 12.2 Å². The molecule has 168 valence electrons. The molecule has 6 atom stereocenters. The third kappa shape index (κ3) is 3.09. The van der Waals surface area contributed by atoms with Gasteiger partial charge in [0, 0.05) is 26.7 Å². The van der Waals surface area contributed by atoms with Crippen LogP contribution in [0.25, 0.3) is 0 Å². The molecule has 5 aliphatic heterocycles. The van der Waals surface area contributed by atoms with Crippen molar-refractivity contribution >= 4 is 23.8 Å². The minimum atomic E-state index is -0.770. The molecule has 0 N–H and O–H groups in total. The zero-order valence-electron chi connectivity index (χ0n) is 17.5. The minimum absolute atomic E-state index is 0.255. The van der Waals surface area contributed by atoms with Crippen molar-refractivity contribution in [2.75, 3.05) is 0 Å². The van der Waals surface area contributed by atoms with Crippen LogP contribution < -0.4 is 0 Å². The topological polar surface area (TPSA) is 112 Å². The fourth-order valence-corrected chi connectivity index (χ4v) is 5.24. The van der Waals surface area contributed by atoms with Crippen LogP contribution in [0.3, 0.4) is 0 Å². The van der Waals surface area contributed by atoms with Gasteiger partial charge < -0.3 is 28.7 Å². The Kier molecular flexibility index (Phi) is 4.79. The van der Waals surface area contributed by atoms with E-state index >= 15 is 0 Å². The minimum Gasteiger partial charge on any atom is -0.473 e. The van der Waals surface area contributed by atoms with Gasteiger partial charge in [0.15, 0.2) is 0 Å². The summed E-state index contributed by atoms with van der Waals surface area (Å²) in [6.45, 7) is 2.58. The number of hydrogen-bond acceptors (Lipinski definition) is 8. The van der Waals surface area contributed by atoms with Crippen molar-refractivity contribution in [2.24, 2.45) is 0 Å². The molecule has 10 nitrogen and oxygen atoms in total. The summed E-state index contributed by atoms with van der Waals surface area (Å²) in [6.07, 6.45) is 7.94. The summed E-state index contributed by atoms with van der Waals surface area (Å²) >= 11 is 0. The first kappa shape index (κ1) is 20.3. The number of carbonyl (C=O) groups is 4. The molecule has 5 heterocycles. The van der Waals surface area contributed by atoms with Crippen LogP contribution in [0.4, 0.5) is 0 Å². The van der Waals surface area contributed by atoms with Crippen LogP contribution in [0.5, 0.6) is 0 Å². The van der Waals surface area contributed by atoms with E-state index in [1.807, 2.05) is 0 Å². The third-order valence-corrected chi connectivity index (χ3v) is 6.33. The second-order valence-electron chi connectivity index (χ2n) is 8.28. The van der Waals surface area contributed by atoms with Crippen molar-refractivity contribution in [3.8, 4) is 0 Å². The number of fused-ring (bicyclic) bond motifs is 6. The number of rotatable bonds is 2. The molecule has 2 amide bonds. The Bertz CT molecular complexity index is 931. The molecule has 0 aromatic heterocycles. The molecular formula is C22H22N2O8. The summed E-state index contributed by atoms with van der Waals surface area (Å²) < 4.78 is 21.6. The van der Waals surface area contributed by atoms with E-state index in [1.165, 1.54) is 48.7 Å². The number of ether oxygens (including phenoxy) is 4. The number of nitrogens with zero attached hydrogens (tertiary/aromatic N) is 2. The lowest BCUT2D eigenvalue weighted by Crippen LogP contribution is -2.66. The average molecular weight is 442 g/mol. The first-order valence-electron chi connectivity index (χ1n) is 10.4. The Hall–Kier alpha value is -3.56. The molecule has 5 aliphatic rings. The van der Waals surface area contributed by atoms with Crippen molar-refractivity contribution < 1.29 is 38.1 Å². The first-order valence-corrected chi connectivity index (χ1v) is 10.4. The zero-order chi connectivity index (χ0) is 22.6. The highest BCUT2D eigenvalue weighted by Crippen LogP contribution is 2.45. The number of carbonyl (C=O) groups excluding carboxylic acids is 4. The first-order chi connectivity index (χ1) is 15.4. The van der Waals surface area contributed by atoms with E-state index in [-0.39, 0.29) is 24.7 Å². The van der Waals surface area contributed by atoms with Crippen molar-refractivity contribution in [1.29, 1.82) is 0 Å². The zero-order valence-corrected chi connectivity index (χ0v) is 17.5. The highest BCUT2D eigenvalue weighted by molar-refractivity contribution is 6.00. The molecule has 0 aromatic carbocycles. The molecule has 3 saturated heterocycles. The van der Waals surface area contributed by atoms with Gasteiger partial charge in [0.2, 0.25) is 11.8 Å². The molecular weight excluding hydrogens is 420 g/mol. The molecule has 0 aliphatic carbocycles. The van der Waals surface area contributed by atoms with E-state index in [2.05, 4.69) is 0 Å². The molecule has 0 spiro atoms. The van der Waals surface area contributed by atoms with Crippen molar-refractivity contribution in [3.05, 3.63) is 48.3 Å². The molecule has 0 bridgehead atoms. The Labute approximate surface area is 183 Å². The maximum atomic E-state index is 13.7. The average Bonchev–Trinajstić information content (AvgIpc) is 3.17. The Morgan fingerprint density at radius 1 is 0.812 bits per heavy atom. The monoisotopic (exact) mass is 442 g/mol. The van der Waals surface area contributed by atoms with Crippen LogP contribution in [-0.4, -0.2) is 69.9 Å². The lowest BCUT2D eigenvalue weighted by atomic mass is 10.0. The third-order valence-electron chi connectivity index (χ3n) is 6.33. The standard InChI is InChI=1S/C22H22N2O8/c1-11(25)31-17-3-5-29-9-13-7-15-22(28)24-16(21(27)23(15)19(13)17)8-14-10-30-6-4-18(20(14)24)32-12(2)26/h3-6,9-10,15-20H,7-8H2,1-2H3/t15-,16+,17?,18?,19?,20?. The number of hydrogen-bond donors (Lipinski definition) is 0. The summed E-state index contributed by atoms with van der Waals surface area (Å²) in [6, 6.07) is -2.79. The van der Waals surface area contributed by atoms with Crippen molar-refractivity contribution in [3.63, 3.8) is 0 Å². The summed E-state index contributed by atoms with van der Waals surface area (Å²) in [4.78, 5) is 53.8. The quantitative estimate of drug-likeness (QED) is 0.574. The van der Waals surface area contributed by atoms with E-state index < -0.39 is 48.3 Å². The Morgan fingerprint density at radius 2 is 1.22 bits per heavy atom. The lowest BCUT2D eigenvalue weighted by Gasteiger charge is -2.44. The van der Waals surface area contributed by atoms with E-state index in [4.69, 9.17) is 18.9 Å². The predicted octanol–water partition coefficient (Wildman–Crippen LogP) is 0.658. The molecule has 32 heavy (non-hydrogen) atoms. The Morgan fingerprint density at radius 3 is 1.59 bits per heavy atom. The van der Waals surface area contributed by atoms with Crippen LogP contribution in [0, 0.1) is 0 Å². The predicted molar refractivity (Wildman–Crippen MR) is 106 cm³/mol. The normalized spacial score (nSPS) is 34.6. The van der Waals surface area contributed by atoms with Crippen LogP contribution in [0.2, 0.25) is 0 Å². The van der Waals surface area contributed by atoms with Gasteiger partial charge in [0.1, 0.15) is 24.3 Å². The van der Waals surface area contributed by atoms with Gasteiger partial charge in [0.05, 0.1) is 37.1 Å².